The van der Waals surface area contributed by atoms with Crippen LogP contribution in [0.15, 0.2) is 41.9 Å². The Morgan fingerprint density at radius 1 is 1.19 bits per heavy atom. The highest BCUT2D eigenvalue weighted by Crippen LogP contribution is 2.11. The molecule has 0 radical (unpaired) electrons. The topological polar surface area (TPSA) is 77.6 Å². The molecule has 0 saturated carbocycles. The molecule has 0 unspecified atom stereocenters. The van der Waals surface area contributed by atoms with Gasteiger partial charge in [0.25, 0.3) is 0 Å². The van der Waals surface area contributed by atoms with Gasteiger partial charge in [0.05, 0.1) is 0 Å². The molecule has 1 fully saturated rings. The van der Waals surface area contributed by atoms with Crippen LogP contribution < -0.4 is 10.6 Å². The number of amides is 3. The first-order valence-corrected chi connectivity index (χ1v) is 9.52. The highest BCUT2D eigenvalue weighted by atomic mass is 32.1. The minimum absolute atomic E-state index is 0.203. The molecular weight excluding hydrogens is 350 g/mol. The number of piperazine rings is 1. The van der Waals surface area contributed by atoms with Crippen LogP contribution in [-0.4, -0.2) is 58.9 Å². The largest absolute Gasteiger partial charge is 0.326 e. The molecule has 8 heteroatoms. The van der Waals surface area contributed by atoms with Crippen LogP contribution in [0.4, 0.5) is 9.93 Å². The highest BCUT2D eigenvalue weighted by molar-refractivity contribution is 7.13. The standard InChI is InChI=1S/C18H23N5O2S/c1-14(16(24)21-17-19-7-12-26-17)20-18(25)23-10-8-22(9-11-23)13-15-5-3-2-4-6-15/h2-7,12,14H,8-11,13H2,1H3,(H,20,25)(H,19,21,24)/t14-/m0/s1. The lowest BCUT2D eigenvalue weighted by Gasteiger charge is -2.35. The number of hydrogen-bond acceptors (Lipinski definition) is 5. The van der Waals surface area contributed by atoms with Gasteiger partial charge >= 0.3 is 6.03 Å². The Hall–Kier alpha value is -2.45. The van der Waals surface area contributed by atoms with E-state index >= 15 is 0 Å². The highest BCUT2D eigenvalue weighted by Gasteiger charge is 2.24. The predicted molar refractivity (Wildman–Crippen MR) is 102 cm³/mol. The Morgan fingerprint density at radius 3 is 2.58 bits per heavy atom. The van der Waals surface area contributed by atoms with E-state index in [4.69, 9.17) is 0 Å². The van der Waals surface area contributed by atoms with Crippen molar-refractivity contribution in [2.45, 2.75) is 19.5 Å². The lowest BCUT2D eigenvalue weighted by Crippen LogP contribution is -2.54. The third-order valence-corrected chi connectivity index (χ3v) is 4.99. The van der Waals surface area contributed by atoms with E-state index in [1.807, 2.05) is 18.2 Å². The van der Waals surface area contributed by atoms with E-state index in [1.165, 1.54) is 16.9 Å². The van der Waals surface area contributed by atoms with Gasteiger partial charge in [-0.2, -0.15) is 0 Å². The van der Waals surface area contributed by atoms with Crippen LogP contribution >= 0.6 is 11.3 Å². The number of nitrogens with one attached hydrogen (secondary N) is 2. The number of hydrogen-bond donors (Lipinski definition) is 2. The Morgan fingerprint density at radius 2 is 1.92 bits per heavy atom. The number of carbonyl (C=O) groups is 2. The maximum Gasteiger partial charge on any atom is 0.318 e. The van der Waals surface area contributed by atoms with Crippen molar-refractivity contribution in [2.75, 3.05) is 31.5 Å². The van der Waals surface area contributed by atoms with Crippen LogP contribution in [-0.2, 0) is 11.3 Å². The van der Waals surface area contributed by atoms with Gasteiger partial charge in [0.1, 0.15) is 6.04 Å². The number of thiazole rings is 1. The van der Waals surface area contributed by atoms with Crippen molar-refractivity contribution in [3.63, 3.8) is 0 Å². The van der Waals surface area contributed by atoms with Gasteiger partial charge in [0.2, 0.25) is 5.91 Å². The molecule has 1 aliphatic heterocycles. The lowest BCUT2D eigenvalue weighted by molar-refractivity contribution is -0.117. The summed E-state index contributed by atoms with van der Waals surface area (Å²) in [5.41, 5.74) is 1.28. The van der Waals surface area contributed by atoms with E-state index in [0.717, 1.165) is 19.6 Å². The molecule has 2 heterocycles. The molecule has 1 aliphatic rings. The van der Waals surface area contributed by atoms with Crippen molar-refractivity contribution < 1.29 is 9.59 Å². The number of benzene rings is 1. The lowest BCUT2D eigenvalue weighted by atomic mass is 10.2. The van der Waals surface area contributed by atoms with Gasteiger partial charge in [-0.25, -0.2) is 9.78 Å². The van der Waals surface area contributed by atoms with Crippen LogP contribution in [0, 0.1) is 0 Å². The minimum Gasteiger partial charge on any atom is -0.326 e. The number of anilines is 1. The predicted octanol–water partition coefficient (Wildman–Crippen LogP) is 2.00. The Kier molecular flexibility index (Phi) is 6.19. The first kappa shape index (κ1) is 18.3. The quantitative estimate of drug-likeness (QED) is 0.840. The van der Waals surface area contributed by atoms with Gasteiger partial charge in [-0.05, 0) is 12.5 Å². The fourth-order valence-electron chi connectivity index (χ4n) is 2.79. The number of urea groups is 1. The average molecular weight is 373 g/mol. The van der Waals surface area contributed by atoms with Crippen molar-refractivity contribution in [1.82, 2.24) is 20.1 Å². The van der Waals surface area contributed by atoms with Crippen molar-refractivity contribution in [3.05, 3.63) is 47.5 Å². The SMILES string of the molecule is C[C@H](NC(=O)N1CCN(Cc2ccccc2)CC1)C(=O)Nc1nccs1. The van der Waals surface area contributed by atoms with E-state index in [0.29, 0.717) is 18.2 Å². The van der Waals surface area contributed by atoms with E-state index in [9.17, 15) is 9.59 Å². The Bertz CT molecular complexity index is 714. The smallest absolute Gasteiger partial charge is 0.318 e. The summed E-state index contributed by atoms with van der Waals surface area (Å²) in [6, 6.07) is 9.50. The molecule has 2 aromatic rings. The Balaban J connectivity index is 1.42. The first-order valence-electron chi connectivity index (χ1n) is 8.64. The van der Waals surface area contributed by atoms with Gasteiger partial charge in [-0.1, -0.05) is 30.3 Å². The van der Waals surface area contributed by atoms with Crippen molar-refractivity contribution in [2.24, 2.45) is 0 Å². The number of carbonyl (C=O) groups excluding carboxylic acids is 2. The fraction of sp³-hybridized carbons (Fsp3) is 0.389. The number of aromatic nitrogens is 1. The van der Waals surface area contributed by atoms with Gasteiger partial charge in [-0.3, -0.25) is 9.69 Å². The number of rotatable bonds is 5. The normalized spacial score (nSPS) is 16.1. The van der Waals surface area contributed by atoms with E-state index in [2.05, 4.69) is 32.7 Å². The molecule has 3 rings (SSSR count). The first-order chi connectivity index (χ1) is 12.6. The van der Waals surface area contributed by atoms with Gasteiger partial charge < -0.3 is 15.5 Å². The van der Waals surface area contributed by atoms with Crippen molar-refractivity contribution in [1.29, 1.82) is 0 Å². The molecule has 7 nitrogen and oxygen atoms in total. The maximum absolute atomic E-state index is 12.4. The third kappa shape index (κ3) is 5.03. The second kappa shape index (κ2) is 8.77. The molecule has 1 saturated heterocycles. The molecule has 26 heavy (non-hydrogen) atoms. The summed E-state index contributed by atoms with van der Waals surface area (Å²) in [6.45, 7) is 5.51. The molecule has 138 valence electrons. The van der Waals surface area contributed by atoms with Crippen LogP contribution in [0.25, 0.3) is 0 Å². The second-order valence-electron chi connectivity index (χ2n) is 6.25. The zero-order chi connectivity index (χ0) is 18.4. The Labute approximate surface area is 157 Å². The summed E-state index contributed by atoms with van der Waals surface area (Å²) in [6.07, 6.45) is 1.62. The molecular formula is C18H23N5O2S. The molecule has 1 aromatic heterocycles. The molecule has 1 aromatic carbocycles. The molecule has 0 spiro atoms. The zero-order valence-electron chi connectivity index (χ0n) is 14.7. The maximum atomic E-state index is 12.4. The molecule has 0 bridgehead atoms. The van der Waals surface area contributed by atoms with E-state index < -0.39 is 6.04 Å². The summed E-state index contributed by atoms with van der Waals surface area (Å²) in [5, 5.41) is 7.77. The van der Waals surface area contributed by atoms with Crippen LogP contribution in [0.1, 0.15) is 12.5 Å². The minimum atomic E-state index is -0.617. The molecule has 1 atom stereocenters. The summed E-state index contributed by atoms with van der Waals surface area (Å²) in [5.74, 6) is -0.268. The fourth-order valence-corrected chi connectivity index (χ4v) is 3.32. The van der Waals surface area contributed by atoms with Crippen LogP contribution in [0.2, 0.25) is 0 Å². The van der Waals surface area contributed by atoms with Gasteiger partial charge in [-0.15, -0.1) is 11.3 Å². The van der Waals surface area contributed by atoms with Crippen LogP contribution in [0.3, 0.4) is 0 Å². The molecule has 3 amide bonds. The van der Waals surface area contributed by atoms with Crippen molar-refractivity contribution >= 4 is 28.4 Å². The summed E-state index contributed by atoms with van der Waals surface area (Å²) >= 11 is 1.34. The molecule has 0 aliphatic carbocycles. The van der Waals surface area contributed by atoms with Crippen LogP contribution in [0.5, 0.6) is 0 Å². The second-order valence-corrected chi connectivity index (χ2v) is 7.14. The average Bonchev–Trinajstić information content (AvgIpc) is 3.16. The van der Waals surface area contributed by atoms with Gasteiger partial charge in [0.15, 0.2) is 5.13 Å². The third-order valence-electron chi connectivity index (χ3n) is 4.30. The van der Waals surface area contributed by atoms with E-state index in [-0.39, 0.29) is 11.9 Å². The summed E-state index contributed by atoms with van der Waals surface area (Å²) < 4.78 is 0. The van der Waals surface area contributed by atoms with Gasteiger partial charge in [0, 0.05) is 44.3 Å². The molecule has 2 N–H and O–H groups in total. The number of nitrogens with zero attached hydrogens (tertiary/aromatic N) is 3. The summed E-state index contributed by atoms with van der Waals surface area (Å²) in [4.78, 5) is 32.6. The van der Waals surface area contributed by atoms with Crippen molar-refractivity contribution in [3.8, 4) is 0 Å². The van der Waals surface area contributed by atoms with E-state index in [1.54, 1.807) is 23.4 Å². The monoisotopic (exact) mass is 373 g/mol. The summed E-state index contributed by atoms with van der Waals surface area (Å²) in [7, 11) is 0. The zero-order valence-corrected chi connectivity index (χ0v) is 15.5.